The Hall–Kier alpha value is -1.10. The highest BCUT2D eigenvalue weighted by Crippen LogP contribution is 1.99. The van der Waals surface area contributed by atoms with Crippen LogP contribution in [0.25, 0.3) is 0 Å². The van der Waals surface area contributed by atoms with Crippen molar-refractivity contribution in [1.82, 2.24) is 5.48 Å². The lowest BCUT2D eigenvalue weighted by molar-refractivity contribution is -0.122. The fourth-order valence-electron chi connectivity index (χ4n) is 0.693. The number of rotatable bonds is 4. The molecule has 0 aliphatic carbocycles. The van der Waals surface area contributed by atoms with Gasteiger partial charge in [-0.1, -0.05) is 13.8 Å². The van der Waals surface area contributed by atoms with Crippen molar-refractivity contribution in [3.63, 3.8) is 0 Å². The second-order valence-corrected chi connectivity index (χ2v) is 2.82. The molecule has 0 fully saturated rings. The van der Waals surface area contributed by atoms with Gasteiger partial charge >= 0.3 is 6.09 Å². The Morgan fingerprint density at radius 3 is 2.50 bits per heavy atom. The molecule has 0 aromatic rings. The van der Waals surface area contributed by atoms with Crippen LogP contribution in [0.2, 0.25) is 0 Å². The number of hydrogen-bond donors (Lipinski definition) is 2. The number of carbonyl (C=O) groups is 2. The maximum Gasteiger partial charge on any atom is 0.431 e. The van der Waals surface area contributed by atoms with Crippen molar-refractivity contribution in [3.8, 4) is 0 Å². The van der Waals surface area contributed by atoms with Crippen molar-refractivity contribution in [2.75, 3.05) is 6.61 Å². The second kappa shape index (κ2) is 5.54. The minimum atomic E-state index is -1.01. The molecule has 0 saturated heterocycles. The molecule has 12 heavy (non-hydrogen) atoms. The van der Waals surface area contributed by atoms with Crippen molar-refractivity contribution < 1.29 is 19.5 Å². The van der Waals surface area contributed by atoms with E-state index in [0.29, 0.717) is 6.42 Å². The van der Waals surface area contributed by atoms with E-state index in [9.17, 15) is 9.59 Å². The van der Waals surface area contributed by atoms with E-state index in [4.69, 9.17) is 5.21 Å². The van der Waals surface area contributed by atoms with Crippen LogP contribution < -0.4 is 5.48 Å². The van der Waals surface area contributed by atoms with Crippen LogP contribution >= 0.6 is 0 Å². The summed E-state index contributed by atoms with van der Waals surface area (Å²) in [4.78, 5) is 21.2. The standard InChI is InChI=1S/C7H13NO4/c1-5(2)3-6(9)4-12-7(10)8-11/h5,11H,3-4H2,1-2H3,(H,8,10). The van der Waals surface area contributed by atoms with E-state index >= 15 is 0 Å². The zero-order chi connectivity index (χ0) is 9.56. The third-order valence-electron chi connectivity index (χ3n) is 1.09. The first-order valence-corrected chi connectivity index (χ1v) is 3.64. The Bertz CT molecular complexity index is 167. The fourth-order valence-corrected chi connectivity index (χ4v) is 0.693. The van der Waals surface area contributed by atoms with Crippen molar-refractivity contribution in [2.24, 2.45) is 5.92 Å². The van der Waals surface area contributed by atoms with Gasteiger partial charge in [-0.3, -0.25) is 10.0 Å². The molecule has 0 spiro atoms. The average Bonchev–Trinajstić information content (AvgIpc) is 1.99. The molecule has 1 amide bonds. The van der Waals surface area contributed by atoms with E-state index in [2.05, 4.69) is 4.74 Å². The molecule has 0 rings (SSSR count). The number of Topliss-reactive ketones (excluding diaryl/α,β-unsaturated/α-hetero) is 1. The van der Waals surface area contributed by atoms with Gasteiger partial charge in [0.05, 0.1) is 0 Å². The van der Waals surface area contributed by atoms with Crippen LogP contribution in [-0.4, -0.2) is 23.7 Å². The number of nitrogens with one attached hydrogen (secondary N) is 1. The minimum Gasteiger partial charge on any atom is -0.440 e. The van der Waals surface area contributed by atoms with Crippen LogP contribution in [0.15, 0.2) is 0 Å². The van der Waals surface area contributed by atoms with Crippen LogP contribution in [0.3, 0.4) is 0 Å². The predicted octanol–water partition coefficient (Wildman–Crippen LogP) is 0.717. The van der Waals surface area contributed by atoms with Crippen molar-refractivity contribution in [1.29, 1.82) is 0 Å². The van der Waals surface area contributed by atoms with E-state index < -0.39 is 6.09 Å². The highest BCUT2D eigenvalue weighted by molar-refractivity contribution is 5.81. The summed E-state index contributed by atoms with van der Waals surface area (Å²) in [5.74, 6) is 0.0897. The number of amides is 1. The van der Waals surface area contributed by atoms with Gasteiger partial charge in [-0.05, 0) is 5.92 Å². The highest BCUT2D eigenvalue weighted by Gasteiger charge is 2.07. The van der Waals surface area contributed by atoms with Gasteiger partial charge in [-0.25, -0.2) is 10.3 Å². The summed E-state index contributed by atoms with van der Waals surface area (Å²) in [6.07, 6.45) is -0.634. The molecule has 0 aliphatic rings. The largest absolute Gasteiger partial charge is 0.440 e. The summed E-state index contributed by atoms with van der Waals surface area (Å²) in [6.45, 7) is 3.50. The third kappa shape index (κ3) is 5.67. The summed E-state index contributed by atoms with van der Waals surface area (Å²) in [5, 5.41) is 7.99. The van der Waals surface area contributed by atoms with E-state index in [1.54, 1.807) is 0 Å². The number of hydrogen-bond acceptors (Lipinski definition) is 4. The molecule has 0 radical (unpaired) electrons. The van der Waals surface area contributed by atoms with Gasteiger partial charge in [0.15, 0.2) is 12.4 Å². The van der Waals surface area contributed by atoms with Gasteiger partial charge in [0, 0.05) is 6.42 Å². The minimum absolute atomic E-state index is 0.159. The molecule has 2 N–H and O–H groups in total. The predicted molar refractivity (Wildman–Crippen MR) is 40.7 cm³/mol. The average molecular weight is 175 g/mol. The molecule has 5 heteroatoms. The lowest BCUT2D eigenvalue weighted by Crippen LogP contribution is -2.23. The maximum absolute atomic E-state index is 10.9. The Labute approximate surface area is 70.7 Å². The Balaban J connectivity index is 3.51. The highest BCUT2D eigenvalue weighted by atomic mass is 16.6. The van der Waals surface area contributed by atoms with Crippen LogP contribution in [0, 0.1) is 5.92 Å². The molecule has 0 aromatic heterocycles. The summed E-state index contributed by atoms with van der Waals surface area (Å²) >= 11 is 0. The van der Waals surface area contributed by atoms with Crippen LogP contribution in [0.5, 0.6) is 0 Å². The molecule has 0 aromatic carbocycles. The normalized spacial score (nSPS) is 9.67. The van der Waals surface area contributed by atoms with E-state index in [0.717, 1.165) is 0 Å². The fraction of sp³-hybridized carbons (Fsp3) is 0.714. The molecule has 0 saturated carbocycles. The third-order valence-corrected chi connectivity index (χ3v) is 1.09. The molecule has 70 valence electrons. The quantitative estimate of drug-likeness (QED) is 0.487. The lowest BCUT2D eigenvalue weighted by Gasteiger charge is -2.04. The first-order valence-electron chi connectivity index (χ1n) is 3.64. The maximum atomic E-state index is 10.9. The Kier molecular flexibility index (Phi) is 5.03. The van der Waals surface area contributed by atoms with Crippen LogP contribution in [-0.2, 0) is 9.53 Å². The van der Waals surface area contributed by atoms with Crippen molar-refractivity contribution >= 4 is 11.9 Å². The van der Waals surface area contributed by atoms with E-state index in [1.165, 1.54) is 5.48 Å². The number of carbonyl (C=O) groups excluding carboxylic acids is 2. The molecule has 0 aliphatic heterocycles. The number of ether oxygens (including phenoxy) is 1. The molecule has 5 nitrogen and oxygen atoms in total. The molecule has 0 unspecified atom stereocenters. The number of hydroxylamine groups is 1. The van der Waals surface area contributed by atoms with E-state index in [-0.39, 0.29) is 18.3 Å². The van der Waals surface area contributed by atoms with Gasteiger partial charge in [0.1, 0.15) is 0 Å². The van der Waals surface area contributed by atoms with Gasteiger partial charge < -0.3 is 4.74 Å². The summed E-state index contributed by atoms with van der Waals surface area (Å²) in [5.41, 5.74) is 1.26. The van der Waals surface area contributed by atoms with Gasteiger partial charge in [-0.15, -0.1) is 0 Å². The molecular weight excluding hydrogens is 162 g/mol. The van der Waals surface area contributed by atoms with Crippen LogP contribution in [0.4, 0.5) is 4.79 Å². The summed E-state index contributed by atoms with van der Waals surface area (Å²) in [6, 6.07) is 0. The van der Waals surface area contributed by atoms with Crippen LogP contribution in [0.1, 0.15) is 20.3 Å². The lowest BCUT2D eigenvalue weighted by atomic mass is 10.1. The monoisotopic (exact) mass is 175 g/mol. The first kappa shape index (κ1) is 10.9. The van der Waals surface area contributed by atoms with Gasteiger partial charge in [0.2, 0.25) is 0 Å². The Morgan fingerprint density at radius 1 is 1.50 bits per heavy atom. The first-order chi connectivity index (χ1) is 5.56. The summed E-state index contributed by atoms with van der Waals surface area (Å²) < 4.78 is 4.30. The SMILES string of the molecule is CC(C)CC(=O)COC(=O)NO. The van der Waals surface area contributed by atoms with Gasteiger partial charge in [0.25, 0.3) is 0 Å². The summed E-state index contributed by atoms with van der Waals surface area (Å²) in [7, 11) is 0. The van der Waals surface area contributed by atoms with Gasteiger partial charge in [-0.2, -0.15) is 0 Å². The number of ketones is 1. The van der Waals surface area contributed by atoms with E-state index in [1.807, 2.05) is 13.8 Å². The van der Waals surface area contributed by atoms with Crippen molar-refractivity contribution in [2.45, 2.75) is 20.3 Å². The zero-order valence-corrected chi connectivity index (χ0v) is 7.16. The second-order valence-electron chi connectivity index (χ2n) is 2.82. The Morgan fingerprint density at radius 2 is 2.08 bits per heavy atom. The molecule has 0 atom stereocenters. The topological polar surface area (TPSA) is 75.6 Å². The smallest absolute Gasteiger partial charge is 0.431 e. The van der Waals surface area contributed by atoms with Crippen molar-refractivity contribution in [3.05, 3.63) is 0 Å². The molecule has 0 heterocycles. The molecule has 0 bridgehead atoms. The zero-order valence-electron chi connectivity index (χ0n) is 7.16. The molecular formula is C7H13NO4.